The molecule has 0 heterocycles. The van der Waals surface area contributed by atoms with Gasteiger partial charge in [-0.1, -0.05) is 12.1 Å². The third kappa shape index (κ3) is 5.81. The molecule has 0 aliphatic rings. The van der Waals surface area contributed by atoms with Crippen molar-refractivity contribution in [3.05, 3.63) is 35.6 Å². The van der Waals surface area contributed by atoms with Gasteiger partial charge in [-0.05, 0) is 44.5 Å². The van der Waals surface area contributed by atoms with Crippen molar-refractivity contribution >= 4 is 5.97 Å². The predicted octanol–water partition coefficient (Wildman–Crippen LogP) is 2.36. The highest BCUT2D eigenvalue weighted by molar-refractivity contribution is 5.75. The van der Waals surface area contributed by atoms with Crippen LogP contribution in [0, 0.1) is 5.82 Å². The second-order valence-corrected chi connectivity index (χ2v) is 4.55. The summed E-state index contributed by atoms with van der Waals surface area (Å²) in [6.45, 7) is 5.01. The van der Waals surface area contributed by atoms with Gasteiger partial charge in [0.05, 0.1) is 6.10 Å². The van der Waals surface area contributed by atoms with E-state index in [-0.39, 0.29) is 11.9 Å². The van der Waals surface area contributed by atoms with Crippen molar-refractivity contribution in [2.24, 2.45) is 0 Å². The molecule has 19 heavy (non-hydrogen) atoms. The first kappa shape index (κ1) is 15.6. The monoisotopic (exact) mass is 269 g/mol. The molecule has 0 fully saturated rings. The largest absolute Gasteiger partial charge is 0.480 e. The van der Waals surface area contributed by atoms with E-state index in [0.717, 1.165) is 6.42 Å². The third-order valence-corrected chi connectivity index (χ3v) is 2.57. The lowest BCUT2D eigenvalue weighted by Crippen LogP contribution is -2.30. The number of aliphatic carboxylic acids is 1. The molecule has 4 nitrogen and oxygen atoms in total. The quantitative estimate of drug-likeness (QED) is 0.711. The van der Waals surface area contributed by atoms with Crippen LogP contribution in [0.1, 0.15) is 31.9 Å². The van der Waals surface area contributed by atoms with Gasteiger partial charge in [0.15, 0.2) is 0 Å². The van der Waals surface area contributed by atoms with E-state index in [4.69, 9.17) is 9.84 Å². The van der Waals surface area contributed by atoms with E-state index in [1.807, 2.05) is 13.8 Å². The van der Waals surface area contributed by atoms with Crippen molar-refractivity contribution in [2.75, 3.05) is 13.2 Å². The maximum Gasteiger partial charge on any atom is 0.325 e. The number of hydrogen-bond donors (Lipinski definition) is 2. The number of ether oxygens (including phenoxy) is 1. The summed E-state index contributed by atoms with van der Waals surface area (Å²) in [4.78, 5) is 11.2. The average molecular weight is 269 g/mol. The molecule has 1 unspecified atom stereocenters. The van der Waals surface area contributed by atoms with E-state index in [9.17, 15) is 9.18 Å². The van der Waals surface area contributed by atoms with Gasteiger partial charge < -0.3 is 15.2 Å². The maximum atomic E-state index is 12.8. The molecular formula is C14H20FNO3. The molecule has 1 atom stereocenters. The van der Waals surface area contributed by atoms with Crippen LogP contribution in [-0.4, -0.2) is 30.3 Å². The van der Waals surface area contributed by atoms with Crippen LogP contribution in [-0.2, 0) is 9.53 Å². The molecule has 0 amide bonds. The number of carboxylic acid groups (broad SMARTS) is 1. The number of carboxylic acids is 1. The number of hydrogen-bond acceptors (Lipinski definition) is 3. The Balaban J connectivity index is 2.45. The number of halogens is 1. The summed E-state index contributed by atoms with van der Waals surface area (Å²) in [5, 5.41) is 12.1. The zero-order valence-corrected chi connectivity index (χ0v) is 11.2. The average Bonchev–Trinajstić information content (AvgIpc) is 2.34. The Labute approximate surface area is 112 Å². The summed E-state index contributed by atoms with van der Waals surface area (Å²) >= 11 is 0. The van der Waals surface area contributed by atoms with E-state index in [0.29, 0.717) is 18.7 Å². The normalized spacial score (nSPS) is 12.6. The van der Waals surface area contributed by atoms with Crippen molar-refractivity contribution in [3.63, 3.8) is 0 Å². The Kier molecular flexibility index (Phi) is 6.45. The lowest BCUT2D eigenvalue weighted by molar-refractivity contribution is -0.139. The van der Waals surface area contributed by atoms with Crippen molar-refractivity contribution in [1.82, 2.24) is 5.32 Å². The second-order valence-electron chi connectivity index (χ2n) is 4.55. The van der Waals surface area contributed by atoms with E-state index in [2.05, 4.69) is 5.32 Å². The van der Waals surface area contributed by atoms with Gasteiger partial charge in [0, 0.05) is 6.61 Å². The van der Waals surface area contributed by atoms with Crippen molar-refractivity contribution in [2.45, 2.75) is 32.4 Å². The highest BCUT2D eigenvalue weighted by Gasteiger charge is 2.18. The SMILES string of the molecule is CC(C)OCCCNC(C(=O)O)c1ccc(F)cc1. The molecule has 106 valence electrons. The van der Waals surface area contributed by atoms with Gasteiger partial charge >= 0.3 is 5.97 Å². The standard InChI is InChI=1S/C14H20FNO3/c1-10(2)19-9-3-8-16-13(14(17)18)11-4-6-12(15)7-5-11/h4-7,10,13,16H,3,8-9H2,1-2H3,(H,17,18). The van der Waals surface area contributed by atoms with Gasteiger partial charge in [-0.3, -0.25) is 4.79 Å². The predicted molar refractivity (Wildman–Crippen MR) is 70.5 cm³/mol. The molecule has 0 radical (unpaired) electrons. The minimum Gasteiger partial charge on any atom is -0.480 e. The molecule has 0 saturated heterocycles. The lowest BCUT2D eigenvalue weighted by atomic mass is 10.1. The lowest BCUT2D eigenvalue weighted by Gasteiger charge is -2.15. The fraction of sp³-hybridized carbons (Fsp3) is 0.500. The Bertz CT molecular complexity index is 392. The van der Waals surface area contributed by atoms with Gasteiger partial charge in [0.2, 0.25) is 0 Å². The fourth-order valence-electron chi connectivity index (χ4n) is 1.64. The number of rotatable bonds is 8. The molecular weight excluding hydrogens is 249 g/mol. The van der Waals surface area contributed by atoms with Crippen molar-refractivity contribution in [3.8, 4) is 0 Å². The molecule has 0 spiro atoms. The van der Waals surface area contributed by atoms with E-state index in [1.165, 1.54) is 24.3 Å². The van der Waals surface area contributed by atoms with Crippen LogP contribution < -0.4 is 5.32 Å². The Morgan fingerprint density at radius 2 is 2.00 bits per heavy atom. The second kappa shape index (κ2) is 7.86. The Morgan fingerprint density at radius 3 is 2.53 bits per heavy atom. The minimum absolute atomic E-state index is 0.173. The molecule has 0 aliphatic heterocycles. The van der Waals surface area contributed by atoms with Crippen LogP contribution in [0.15, 0.2) is 24.3 Å². The number of carbonyl (C=O) groups is 1. The molecule has 1 aromatic rings. The first-order valence-corrected chi connectivity index (χ1v) is 6.34. The summed E-state index contributed by atoms with van der Waals surface area (Å²) in [6, 6.07) is 4.65. The smallest absolute Gasteiger partial charge is 0.325 e. The highest BCUT2D eigenvalue weighted by atomic mass is 19.1. The van der Waals surface area contributed by atoms with Crippen LogP contribution in [0.2, 0.25) is 0 Å². The Hall–Kier alpha value is -1.46. The van der Waals surface area contributed by atoms with Crippen LogP contribution in [0.4, 0.5) is 4.39 Å². The highest BCUT2D eigenvalue weighted by Crippen LogP contribution is 2.13. The van der Waals surface area contributed by atoms with Crippen molar-refractivity contribution in [1.29, 1.82) is 0 Å². The van der Waals surface area contributed by atoms with Crippen LogP contribution >= 0.6 is 0 Å². The summed E-state index contributed by atoms with van der Waals surface area (Å²) in [5.41, 5.74) is 0.540. The van der Waals surface area contributed by atoms with Gasteiger partial charge in [-0.25, -0.2) is 4.39 Å². The molecule has 0 aromatic heterocycles. The molecule has 1 rings (SSSR count). The Morgan fingerprint density at radius 1 is 1.37 bits per heavy atom. The van der Waals surface area contributed by atoms with Gasteiger partial charge in [0.1, 0.15) is 11.9 Å². The summed E-state index contributed by atoms with van der Waals surface area (Å²) < 4.78 is 18.2. The molecule has 1 aromatic carbocycles. The van der Waals surface area contributed by atoms with Crippen molar-refractivity contribution < 1.29 is 19.0 Å². The number of nitrogens with one attached hydrogen (secondary N) is 1. The van der Waals surface area contributed by atoms with Gasteiger partial charge in [-0.2, -0.15) is 0 Å². The number of benzene rings is 1. The first-order chi connectivity index (χ1) is 9.00. The first-order valence-electron chi connectivity index (χ1n) is 6.34. The van der Waals surface area contributed by atoms with Crippen LogP contribution in [0.3, 0.4) is 0 Å². The van der Waals surface area contributed by atoms with Gasteiger partial charge in [-0.15, -0.1) is 0 Å². The van der Waals surface area contributed by atoms with E-state index >= 15 is 0 Å². The molecule has 5 heteroatoms. The van der Waals surface area contributed by atoms with E-state index < -0.39 is 12.0 Å². The molecule has 0 aliphatic carbocycles. The fourth-order valence-corrected chi connectivity index (χ4v) is 1.64. The summed E-state index contributed by atoms with van der Waals surface area (Å²) in [6.07, 6.45) is 0.899. The maximum absolute atomic E-state index is 12.8. The molecule has 2 N–H and O–H groups in total. The van der Waals surface area contributed by atoms with Crippen LogP contribution in [0.25, 0.3) is 0 Å². The molecule has 0 bridgehead atoms. The van der Waals surface area contributed by atoms with Crippen LogP contribution in [0.5, 0.6) is 0 Å². The minimum atomic E-state index is -0.976. The topological polar surface area (TPSA) is 58.6 Å². The molecule has 0 saturated carbocycles. The van der Waals surface area contributed by atoms with Gasteiger partial charge in [0.25, 0.3) is 0 Å². The van der Waals surface area contributed by atoms with E-state index in [1.54, 1.807) is 0 Å². The zero-order valence-electron chi connectivity index (χ0n) is 11.2. The summed E-state index contributed by atoms with van der Waals surface area (Å²) in [5.74, 6) is -1.35. The zero-order chi connectivity index (χ0) is 14.3. The summed E-state index contributed by atoms with van der Waals surface area (Å²) in [7, 11) is 0. The third-order valence-electron chi connectivity index (χ3n) is 2.57.